The molecule has 2 amide bonds. The summed E-state index contributed by atoms with van der Waals surface area (Å²) >= 11 is 6.37. The standard InChI is InChI=1S/C29H26ClFN4O2/c1-16-7-19(10-21(30)8-16)25-14-34-26-4-3-17(18-9-20(28(32)36)12-22(31)11-18)13-24(26)27(25)29(37)35(2)15-23-5-6-33-23/h3-4,7-14,23,33H,5-6,15H2,1-2H3,(H2,32,36)/t23-/m0/s1. The first kappa shape index (κ1) is 24.9. The van der Waals surface area contributed by atoms with Gasteiger partial charge in [0.2, 0.25) is 5.91 Å². The Morgan fingerprint density at radius 2 is 1.89 bits per heavy atom. The Morgan fingerprint density at radius 1 is 1.11 bits per heavy atom. The molecule has 6 nitrogen and oxygen atoms in total. The van der Waals surface area contributed by atoms with Crippen LogP contribution in [-0.2, 0) is 0 Å². The van der Waals surface area contributed by atoms with Crippen molar-refractivity contribution in [3.63, 3.8) is 0 Å². The van der Waals surface area contributed by atoms with Gasteiger partial charge in [-0.25, -0.2) is 4.39 Å². The minimum absolute atomic E-state index is 0.0698. The molecular weight excluding hydrogens is 491 g/mol. The summed E-state index contributed by atoms with van der Waals surface area (Å²) in [5, 5.41) is 4.52. The number of carbonyl (C=O) groups is 2. The number of aryl methyl sites for hydroxylation is 1. The minimum Gasteiger partial charge on any atom is -0.366 e. The van der Waals surface area contributed by atoms with Gasteiger partial charge >= 0.3 is 0 Å². The summed E-state index contributed by atoms with van der Waals surface area (Å²) in [4.78, 5) is 32.0. The number of nitrogens with one attached hydrogen (secondary N) is 1. The molecule has 8 heteroatoms. The van der Waals surface area contributed by atoms with Crippen LogP contribution in [0.3, 0.4) is 0 Å². The number of primary amides is 1. The number of benzene rings is 3. The summed E-state index contributed by atoms with van der Waals surface area (Å²) in [6.07, 6.45) is 2.71. The first-order valence-corrected chi connectivity index (χ1v) is 12.4. The lowest BCUT2D eigenvalue weighted by molar-refractivity contribution is 0.0769. The second kappa shape index (κ2) is 9.92. The van der Waals surface area contributed by atoms with Gasteiger partial charge in [-0.2, -0.15) is 0 Å². The van der Waals surface area contributed by atoms with E-state index in [1.807, 2.05) is 31.2 Å². The Morgan fingerprint density at radius 3 is 2.57 bits per heavy atom. The summed E-state index contributed by atoms with van der Waals surface area (Å²) in [6.45, 7) is 3.46. The number of hydrogen-bond donors (Lipinski definition) is 2. The highest BCUT2D eigenvalue weighted by atomic mass is 35.5. The zero-order valence-corrected chi connectivity index (χ0v) is 21.3. The molecule has 5 rings (SSSR count). The van der Waals surface area contributed by atoms with Gasteiger partial charge in [0.15, 0.2) is 0 Å². The zero-order valence-electron chi connectivity index (χ0n) is 20.5. The van der Waals surface area contributed by atoms with Crippen molar-refractivity contribution in [1.29, 1.82) is 0 Å². The van der Waals surface area contributed by atoms with E-state index in [0.29, 0.717) is 44.7 Å². The van der Waals surface area contributed by atoms with Crippen molar-refractivity contribution in [2.45, 2.75) is 19.4 Å². The van der Waals surface area contributed by atoms with Crippen LogP contribution in [0.5, 0.6) is 0 Å². The van der Waals surface area contributed by atoms with E-state index in [1.54, 1.807) is 36.3 Å². The normalized spacial score (nSPS) is 14.9. The third-order valence-electron chi connectivity index (χ3n) is 6.72. The Bertz CT molecular complexity index is 1530. The molecule has 3 aromatic carbocycles. The molecule has 1 fully saturated rings. The maximum absolute atomic E-state index is 14.3. The molecule has 1 aromatic heterocycles. The maximum atomic E-state index is 14.3. The van der Waals surface area contributed by atoms with Crippen LogP contribution in [0.15, 0.2) is 60.8 Å². The van der Waals surface area contributed by atoms with E-state index in [2.05, 4.69) is 10.3 Å². The highest BCUT2D eigenvalue weighted by molar-refractivity contribution is 6.31. The lowest BCUT2D eigenvalue weighted by Gasteiger charge is -2.32. The topological polar surface area (TPSA) is 88.3 Å². The van der Waals surface area contributed by atoms with E-state index in [9.17, 15) is 14.0 Å². The molecule has 188 valence electrons. The molecule has 0 aliphatic carbocycles. The van der Waals surface area contributed by atoms with E-state index < -0.39 is 11.7 Å². The first-order valence-electron chi connectivity index (χ1n) is 12.0. The highest BCUT2D eigenvalue weighted by Gasteiger charge is 2.25. The molecule has 0 bridgehead atoms. The van der Waals surface area contributed by atoms with Crippen molar-refractivity contribution in [2.24, 2.45) is 5.73 Å². The van der Waals surface area contributed by atoms with Crippen LogP contribution in [0.2, 0.25) is 5.02 Å². The maximum Gasteiger partial charge on any atom is 0.255 e. The molecule has 4 aromatic rings. The van der Waals surface area contributed by atoms with Crippen LogP contribution < -0.4 is 11.1 Å². The Labute approximate surface area is 219 Å². The highest BCUT2D eigenvalue weighted by Crippen LogP contribution is 2.34. The second-order valence-electron chi connectivity index (χ2n) is 9.51. The van der Waals surface area contributed by atoms with Gasteiger partial charge in [-0.3, -0.25) is 14.6 Å². The molecule has 0 unspecified atom stereocenters. The van der Waals surface area contributed by atoms with Crippen molar-refractivity contribution >= 4 is 34.3 Å². The molecule has 0 radical (unpaired) electrons. The largest absolute Gasteiger partial charge is 0.366 e. The molecule has 37 heavy (non-hydrogen) atoms. The van der Waals surface area contributed by atoms with E-state index in [4.69, 9.17) is 17.3 Å². The fourth-order valence-corrected chi connectivity index (χ4v) is 5.01. The number of fused-ring (bicyclic) bond motifs is 1. The monoisotopic (exact) mass is 516 g/mol. The molecule has 0 saturated carbocycles. The number of pyridine rings is 1. The molecule has 1 aliphatic rings. The fourth-order valence-electron chi connectivity index (χ4n) is 4.72. The number of aromatic nitrogens is 1. The number of halogens is 2. The Hall–Kier alpha value is -3.81. The van der Waals surface area contributed by atoms with Crippen LogP contribution in [0, 0.1) is 12.7 Å². The van der Waals surface area contributed by atoms with Crippen molar-refractivity contribution in [3.05, 3.63) is 88.3 Å². The Kier molecular flexibility index (Phi) is 6.67. The fraction of sp³-hybridized carbons (Fsp3) is 0.207. The average Bonchev–Trinajstić information content (AvgIpc) is 2.83. The number of amides is 2. The van der Waals surface area contributed by atoms with Gasteiger partial charge in [0, 0.05) is 47.4 Å². The van der Waals surface area contributed by atoms with E-state index >= 15 is 0 Å². The molecule has 2 heterocycles. The van der Waals surface area contributed by atoms with E-state index in [1.165, 1.54) is 6.07 Å². The van der Waals surface area contributed by atoms with Crippen LogP contribution in [0.25, 0.3) is 33.2 Å². The number of nitrogens with two attached hydrogens (primary N) is 1. The minimum atomic E-state index is -0.719. The van der Waals surface area contributed by atoms with Gasteiger partial charge in [0.25, 0.3) is 5.91 Å². The molecule has 1 atom stereocenters. The quantitative estimate of drug-likeness (QED) is 0.368. The van der Waals surface area contributed by atoms with Crippen LogP contribution >= 0.6 is 11.6 Å². The molecule has 3 N–H and O–H groups in total. The van der Waals surface area contributed by atoms with Crippen LogP contribution in [-0.4, -0.2) is 47.9 Å². The second-order valence-corrected chi connectivity index (χ2v) is 9.95. The van der Waals surface area contributed by atoms with Gasteiger partial charge in [0.05, 0.1) is 11.1 Å². The summed E-state index contributed by atoms with van der Waals surface area (Å²) < 4.78 is 14.3. The van der Waals surface area contributed by atoms with Gasteiger partial charge in [-0.1, -0.05) is 23.7 Å². The van der Waals surface area contributed by atoms with E-state index in [0.717, 1.165) is 30.2 Å². The summed E-state index contributed by atoms with van der Waals surface area (Å²) in [7, 11) is 1.79. The average molecular weight is 517 g/mol. The molecule has 1 aliphatic heterocycles. The third-order valence-corrected chi connectivity index (χ3v) is 6.94. The van der Waals surface area contributed by atoms with Gasteiger partial charge < -0.3 is 16.0 Å². The number of hydrogen-bond acceptors (Lipinski definition) is 4. The van der Waals surface area contributed by atoms with Crippen molar-refractivity contribution in [3.8, 4) is 22.3 Å². The lowest BCUT2D eigenvalue weighted by Crippen LogP contribution is -2.50. The number of likely N-dealkylation sites (N-methyl/N-ethyl adjacent to an activating group) is 1. The molecule has 1 saturated heterocycles. The van der Waals surface area contributed by atoms with Gasteiger partial charge in [0.1, 0.15) is 5.82 Å². The number of carbonyl (C=O) groups excluding carboxylic acids is 2. The zero-order chi connectivity index (χ0) is 26.3. The summed E-state index contributed by atoms with van der Waals surface area (Å²) in [5.74, 6) is -1.44. The lowest BCUT2D eigenvalue weighted by atomic mass is 9.93. The number of nitrogens with zero attached hydrogens (tertiary/aromatic N) is 2. The molecule has 0 spiro atoms. The van der Waals surface area contributed by atoms with Crippen LogP contribution in [0.1, 0.15) is 32.7 Å². The predicted octanol–water partition coefficient (Wildman–Crippen LogP) is 5.20. The summed E-state index contributed by atoms with van der Waals surface area (Å²) in [6, 6.07) is 15.3. The van der Waals surface area contributed by atoms with Crippen LogP contribution in [0.4, 0.5) is 4.39 Å². The molecular formula is C29H26ClFN4O2. The third kappa shape index (κ3) is 5.05. The summed E-state index contributed by atoms with van der Waals surface area (Å²) in [5.41, 5.74) is 10.1. The van der Waals surface area contributed by atoms with Gasteiger partial charge in [-0.05, 0) is 84.6 Å². The predicted molar refractivity (Wildman–Crippen MR) is 144 cm³/mol. The first-order chi connectivity index (χ1) is 17.7. The van der Waals surface area contributed by atoms with Crippen molar-refractivity contribution in [1.82, 2.24) is 15.2 Å². The smallest absolute Gasteiger partial charge is 0.255 e. The van der Waals surface area contributed by atoms with Gasteiger partial charge in [-0.15, -0.1) is 0 Å². The SMILES string of the molecule is Cc1cc(Cl)cc(-c2cnc3ccc(-c4cc(F)cc(C(N)=O)c4)cc3c2C(=O)N(C)C[C@@H]2CCN2)c1. The van der Waals surface area contributed by atoms with E-state index in [-0.39, 0.29) is 17.5 Å². The van der Waals surface area contributed by atoms with Crippen molar-refractivity contribution < 1.29 is 14.0 Å². The Balaban J connectivity index is 1.72. The number of rotatable bonds is 6. The van der Waals surface area contributed by atoms with Crippen molar-refractivity contribution in [2.75, 3.05) is 20.1 Å².